The molecule has 1 atom stereocenters. The Balaban J connectivity index is 1.62. The van der Waals surface area contributed by atoms with Crippen molar-refractivity contribution in [1.29, 1.82) is 0 Å². The molecule has 1 amide bonds. The van der Waals surface area contributed by atoms with E-state index in [1.54, 1.807) is 12.3 Å². The Hall–Kier alpha value is -2.08. The fourth-order valence-corrected chi connectivity index (χ4v) is 4.25. The fraction of sp³-hybridized carbons (Fsp3) is 0.579. The molecule has 1 aliphatic carbocycles. The van der Waals surface area contributed by atoms with Gasteiger partial charge in [-0.05, 0) is 57.7 Å². The van der Waals surface area contributed by atoms with Crippen LogP contribution in [0.2, 0.25) is 0 Å². The van der Waals surface area contributed by atoms with E-state index in [0.29, 0.717) is 29.3 Å². The van der Waals surface area contributed by atoms with Crippen LogP contribution in [0.3, 0.4) is 0 Å². The SMILES string of the molecule is CCn1ccnc1CN(C(=O)c1ccoc1C)[C@@H]1CC12CCNCC2. The molecule has 0 radical (unpaired) electrons. The maximum Gasteiger partial charge on any atom is 0.258 e. The number of hydrogen-bond acceptors (Lipinski definition) is 4. The number of aryl methyl sites for hydroxylation is 2. The number of carbonyl (C=O) groups is 1. The van der Waals surface area contributed by atoms with E-state index in [1.165, 1.54) is 0 Å². The summed E-state index contributed by atoms with van der Waals surface area (Å²) in [5.41, 5.74) is 0.966. The molecule has 1 spiro atoms. The van der Waals surface area contributed by atoms with Crippen LogP contribution in [0, 0.1) is 12.3 Å². The number of nitrogens with one attached hydrogen (secondary N) is 1. The lowest BCUT2D eigenvalue weighted by atomic mass is 9.93. The Bertz CT molecular complexity index is 757. The summed E-state index contributed by atoms with van der Waals surface area (Å²) >= 11 is 0. The van der Waals surface area contributed by atoms with Gasteiger partial charge in [0.1, 0.15) is 11.6 Å². The van der Waals surface area contributed by atoms with Gasteiger partial charge in [-0.25, -0.2) is 4.98 Å². The summed E-state index contributed by atoms with van der Waals surface area (Å²) in [4.78, 5) is 19.8. The van der Waals surface area contributed by atoms with Gasteiger partial charge in [0.25, 0.3) is 5.91 Å². The van der Waals surface area contributed by atoms with Gasteiger partial charge < -0.3 is 19.2 Å². The first-order valence-corrected chi connectivity index (χ1v) is 9.20. The van der Waals surface area contributed by atoms with Gasteiger partial charge in [-0.15, -0.1) is 0 Å². The first-order chi connectivity index (χ1) is 12.1. The molecule has 2 aromatic rings. The third kappa shape index (κ3) is 2.88. The average molecular weight is 342 g/mol. The lowest BCUT2D eigenvalue weighted by Gasteiger charge is -2.29. The Morgan fingerprint density at radius 2 is 2.28 bits per heavy atom. The summed E-state index contributed by atoms with van der Waals surface area (Å²) in [6.07, 6.45) is 8.79. The fourth-order valence-electron chi connectivity index (χ4n) is 4.25. The number of rotatable bonds is 5. The van der Waals surface area contributed by atoms with Crippen molar-refractivity contribution in [1.82, 2.24) is 19.8 Å². The van der Waals surface area contributed by atoms with Crippen LogP contribution >= 0.6 is 0 Å². The van der Waals surface area contributed by atoms with Gasteiger partial charge in [0.2, 0.25) is 0 Å². The zero-order valence-corrected chi connectivity index (χ0v) is 15.0. The lowest BCUT2D eigenvalue weighted by Crippen LogP contribution is -2.39. The van der Waals surface area contributed by atoms with Crippen molar-refractivity contribution < 1.29 is 9.21 Å². The van der Waals surface area contributed by atoms with Crippen LogP contribution in [-0.2, 0) is 13.1 Å². The van der Waals surface area contributed by atoms with Crippen molar-refractivity contribution in [2.45, 2.75) is 52.2 Å². The maximum atomic E-state index is 13.3. The van der Waals surface area contributed by atoms with Crippen LogP contribution in [0.1, 0.15) is 48.1 Å². The van der Waals surface area contributed by atoms with Crippen LogP contribution < -0.4 is 5.32 Å². The number of amides is 1. The van der Waals surface area contributed by atoms with E-state index < -0.39 is 0 Å². The van der Waals surface area contributed by atoms with Crippen molar-refractivity contribution in [3.63, 3.8) is 0 Å². The summed E-state index contributed by atoms with van der Waals surface area (Å²) in [5, 5.41) is 3.43. The highest BCUT2D eigenvalue weighted by atomic mass is 16.3. The molecule has 1 saturated heterocycles. The molecule has 3 heterocycles. The van der Waals surface area contributed by atoms with Gasteiger partial charge in [0.15, 0.2) is 0 Å². The van der Waals surface area contributed by atoms with Gasteiger partial charge in [0, 0.05) is 25.0 Å². The van der Waals surface area contributed by atoms with Gasteiger partial charge in [-0.1, -0.05) is 0 Å². The Kier molecular flexibility index (Phi) is 4.15. The molecule has 6 heteroatoms. The average Bonchev–Trinajstić information content (AvgIpc) is 2.99. The number of hydrogen-bond donors (Lipinski definition) is 1. The van der Waals surface area contributed by atoms with Gasteiger partial charge in [-0.2, -0.15) is 0 Å². The summed E-state index contributed by atoms with van der Waals surface area (Å²) in [6.45, 7) is 7.47. The minimum Gasteiger partial charge on any atom is -0.469 e. The topological polar surface area (TPSA) is 63.3 Å². The molecule has 2 aliphatic rings. The van der Waals surface area contributed by atoms with E-state index >= 15 is 0 Å². The molecule has 6 nitrogen and oxygen atoms in total. The number of carbonyl (C=O) groups excluding carboxylic acids is 1. The Morgan fingerprint density at radius 3 is 2.96 bits per heavy atom. The third-order valence-corrected chi connectivity index (χ3v) is 5.93. The Morgan fingerprint density at radius 1 is 1.48 bits per heavy atom. The highest BCUT2D eigenvalue weighted by Crippen LogP contribution is 2.56. The number of furan rings is 1. The highest BCUT2D eigenvalue weighted by Gasteiger charge is 2.58. The van der Waals surface area contributed by atoms with Crippen molar-refractivity contribution in [2.24, 2.45) is 5.41 Å². The second kappa shape index (κ2) is 6.33. The summed E-state index contributed by atoms with van der Waals surface area (Å²) in [7, 11) is 0. The monoisotopic (exact) mass is 342 g/mol. The predicted octanol–water partition coefficient (Wildman–Crippen LogP) is 2.59. The molecular weight excluding hydrogens is 316 g/mol. The van der Waals surface area contributed by atoms with E-state index in [4.69, 9.17) is 4.42 Å². The number of piperidine rings is 1. The van der Waals surface area contributed by atoms with Gasteiger partial charge >= 0.3 is 0 Å². The molecule has 0 unspecified atom stereocenters. The largest absolute Gasteiger partial charge is 0.469 e. The van der Waals surface area contributed by atoms with Crippen LogP contribution in [-0.4, -0.2) is 39.5 Å². The second-order valence-corrected chi connectivity index (χ2v) is 7.29. The van der Waals surface area contributed by atoms with Gasteiger partial charge in [0.05, 0.1) is 18.4 Å². The molecule has 4 rings (SSSR count). The minimum atomic E-state index is 0.0670. The van der Waals surface area contributed by atoms with Crippen LogP contribution in [0.25, 0.3) is 0 Å². The van der Waals surface area contributed by atoms with Crippen molar-refractivity contribution in [3.05, 3.63) is 41.9 Å². The van der Waals surface area contributed by atoms with Crippen molar-refractivity contribution in [2.75, 3.05) is 13.1 Å². The second-order valence-electron chi connectivity index (χ2n) is 7.29. The van der Waals surface area contributed by atoms with Crippen LogP contribution in [0.15, 0.2) is 29.1 Å². The summed E-state index contributed by atoms with van der Waals surface area (Å²) in [6, 6.07) is 2.09. The molecule has 1 aliphatic heterocycles. The number of aromatic nitrogens is 2. The zero-order valence-electron chi connectivity index (χ0n) is 15.0. The van der Waals surface area contributed by atoms with E-state index in [-0.39, 0.29) is 5.91 Å². The number of nitrogens with zero attached hydrogens (tertiary/aromatic N) is 3. The maximum absolute atomic E-state index is 13.3. The van der Waals surface area contributed by atoms with Crippen LogP contribution in [0.4, 0.5) is 0 Å². The molecule has 134 valence electrons. The summed E-state index contributed by atoms with van der Waals surface area (Å²) in [5.74, 6) is 1.71. The standard InChI is InChI=1S/C19H26N4O2/c1-3-22-10-9-21-17(22)13-23(18(24)15-4-11-25-14(15)2)16-12-19(16)5-7-20-8-6-19/h4,9-11,16,20H,3,5-8,12-13H2,1-2H3/t16-/m1/s1. The van der Waals surface area contributed by atoms with Crippen molar-refractivity contribution >= 4 is 5.91 Å². The van der Waals surface area contributed by atoms with E-state index in [0.717, 1.165) is 44.7 Å². The molecule has 0 aromatic carbocycles. The zero-order chi connectivity index (χ0) is 17.4. The molecular formula is C19H26N4O2. The molecule has 2 aromatic heterocycles. The molecule has 0 bridgehead atoms. The van der Waals surface area contributed by atoms with Crippen molar-refractivity contribution in [3.8, 4) is 0 Å². The molecule has 1 saturated carbocycles. The molecule has 25 heavy (non-hydrogen) atoms. The van der Waals surface area contributed by atoms with E-state index in [1.807, 2.05) is 24.2 Å². The minimum absolute atomic E-state index is 0.0670. The van der Waals surface area contributed by atoms with Gasteiger partial charge in [-0.3, -0.25) is 4.79 Å². The highest BCUT2D eigenvalue weighted by molar-refractivity contribution is 5.95. The lowest BCUT2D eigenvalue weighted by molar-refractivity contribution is 0.0683. The number of imidazole rings is 1. The third-order valence-electron chi connectivity index (χ3n) is 5.93. The Labute approximate surface area is 148 Å². The predicted molar refractivity (Wildman–Crippen MR) is 94.2 cm³/mol. The summed E-state index contributed by atoms with van der Waals surface area (Å²) < 4.78 is 7.49. The molecule has 1 N–H and O–H groups in total. The first kappa shape index (κ1) is 16.4. The normalized spacial score (nSPS) is 21.4. The van der Waals surface area contributed by atoms with E-state index in [9.17, 15) is 4.79 Å². The quantitative estimate of drug-likeness (QED) is 0.907. The van der Waals surface area contributed by atoms with Crippen LogP contribution in [0.5, 0.6) is 0 Å². The van der Waals surface area contributed by atoms with E-state index in [2.05, 4.69) is 21.8 Å². The molecule has 2 fully saturated rings. The smallest absolute Gasteiger partial charge is 0.258 e. The first-order valence-electron chi connectivity index (χ1n) is 9.20.